The number of nitrogens with one attached hydrogen (secondary N) is 6. The molecule has 9 N–H and O–H groups in total. The molecule has 4 unspecified atom stereocenters. The first-order chi connectivity index (χ1) is 60.4. The van der Waals surface area contributed by atoms with Gasteiger partial charge >= 0.3 is 5.97 Å². The van der Waals surface area contributed by atoms with E-state index in [1.54, 1.807) is 35.4 Å². The molecule has 4 heterocycles. The molecule has 5 aromatic carbocycles. The van der Waals surface area contributed by atoms with Gasteiger partial charge in [-0.15, -0.1) is 24.8 Å². The Balaban J connectivity index is 0.000000313. The van der Waals surface area contributed by atoms with Gasteiger partial charge in [0.15, 0.2) is 24.8 Å². The minimum absolute atomic E-state index is 0. The minimum Gasteiger partial charge on any atom is -0.665 e. The van der Waals surface area contributed by atoms with Crippen molar-refractivity contribution >= 4 is 145 Å². The van der Waals surface area contributed by atoms with Gasteiger partial charge in [0.25, 0.3) is 0 Å². The van der Waals surface area contributed by atoms with Crippen molar-refractivity contribution in [2.75, 3.05) is 81.4 Å². The number of methoxy groups -OCH3 is 5. The molecule has 704 valence electrons. The second-order valence-electron chi connectivity index (χ2n) is 33.0. The first-order valence-electron chi connectivity index (χ1n) is 45.0. The minimum atomic E-state index is -2.26. The summed E-state index contributed by atoms with van der Waals surface area (Å²) < 4.78 is 27.2. The standard InChI is InChI=1S/C18H27NO2.C18H27NOS.C17H26N2O2.C17H26N2OS.C10H10N2P2S5.C10H18O3.C8H11N.2ClH/c1-14(17(21-2)16-10-6-7-11-16)18(20)19-13-12-15-8-4-3-5-9-15;1-14(17(20-2)16-10-6-7-11-16)18(21)19-13-12-15-8-4-3-5-9-15;1-13(16(21-2)15-9-6-11-18-15)17(20)19-12-10-14-7-4-3-5-8-14;1-13(16(20-2)15-9-6-11-18-15)17(21)19-12-10-14-7-4-3-5-8-14;15-13(16,11-7-3-1-4-8-11)19-14(17,18)12-9-5-2-6-10-12;1-7(10(11)12)9(13-2)8-5-3-4-6-8;9-7-6-8-4-2-1-3-5-8;;/h3-5,8-9,14,16-17H,6-7,10-13H2,1-2H3,(H,19,20);3-5,8-9,14,16-17H,6-7,10-13H2,1-2H3,(H,19,21);3-5,7-8,13,15-16,18H,6,9-12H2,1-2H3,(H,19,20);3-5,7-8,13,15-16,18H,6,9-12H2,1-2H3,(H,19,21);1-10H;7-9H,3-6H2,1-2H3,(H,11,12);1-5H,6-7,9H2;2*1H/t2*14-,17-;2*13-,15?,16-;;7-,9-;;;/m1111.1.../s1. The van der Waals surface area contributed by atoms with E-state index in [1.807, 2.05) is 151 Å². The topological polar surface area (TPSA) is 224 Å². The SMILES string of the molecule is CO[C@@H](C1CCCC1)[C@@H](C)C(=O)NCCc1ccccc1.CO[C@@H](C1CCCC1)[C@@H](C)C(=O)O.CO[C@@H](C1CCCC1)[C@@H](C)C(=S)NCCc1ccccc1.CO[C@@H](C1CCCN1)[C@@H](C)C(=O)NCCc1ccccc1.CO[C@@H](C1CCCN1)[C@@H](C)C(=S)NCCc1ccccc1.Cl.Cl.NCCc1ccccc1.S=P([S-])(SP(=S)([S-])[n+]1ccccc1)[n+]1ccccc1. The molecule has 14 atom stereocenters. The van der Waals surface area contributed by atoms with Crippen LogP contribution >= 0.6 is 69.4 Å². The molecular weight excluding hydrogens is 1800 g/mol. The molecule has 5 aliphatic rings. The predicted octanol–water partition coefficient (Wildman–Crippen LogP) is 18.3. The van der Waals surface area contributed by atoms with Gasteiger partial charge in [0.2, 0.25) is 11.8 Å². The molecule has 2 aliphatic heterocycles. The Hall–Kier alpha value is -4.80. The number of carboxylic acids is 1. The van der Waals surface area contributed by atoms with E-state index in [9.17, 15) is 14.4 Å². The Morgan fingerprint density at radius 2 is 0.654 bits per heavy atom. The van der Waals surface area contributed by atoms with Gasteiger partial charge in [-0.2, -0.15) is 8.68 Å². The molecule has 0 spiro atoms. The number of carbonyl (C=O) groups is 3. The Morgan fingerprint density at radius 3 is 0.929 bits per heavy atom. The molecule has 3 saturated carbocycles. The maximum atomic E-state index is 12.3. The lowest BCUT2D eigenvalue weighted by Crippen LogP contribution is -2.46. The third-order valence-corrected chi connectivity index (χ3v) is 42.8. The average Bonchev–Trinajstić information content (AvgIpc) is 1.65. The van der Waals surface area contributed by atoms with Crippen LogP contribution < -0.4 is 46.3 Å². The van der Waals surface area contributed by atoms with Crippen LogP contribution in [0.4, 0.5) is 0 Å². The Morgan fingerprint density at radius 1 is 0.402 bits per heavy atom. The van der Waals surface area contributed by atoms with Crippen molar-refractivity contribution in [1.29, 1.82) is 0 Å². The first kappa shape index (κ1) is 115. The molecule has 12 rings (SSSR count). The monoisotopic (exact) mass is 1950 g/mol. The highest BCUT2D eigenvalue weighted by atomic mass is 35.5. The van der Waals surface area contributed by atoms with Gasteiger partial charge in [-0.1, -0.05) is 254 Å². The smallest absolute Gasteiger partial charge is 0.308 e. The number of amides is 2. The molecule has 5 fully saturated rings. The molecule has 2 aromatic heterocycles. The van der Waals surface area contributed by atoms with E-state index in [-0.39, 0.29) is 90.8 Å². The van der Waals surface area contributed by atoms with E-state index < -0.39 is 15.2 Å². The van der Waals surface area contributed by atoms with Gasteiger partial charge in [0.1, 0.15) is 9.18 Å². The van der Waals surface area contributed by atoms with Gasteiger partial charge in [-0.25, -0.2) is 0 Å². The third-order valence-electron chi connectivity index (χ3n) is 24.1. The zero-order valence-corrected chi connectivity index (χ0v) is 85.6. The Bertz CT molecular complexity index is 3790. The lowest BCUT2D eigenvalue weighted by molar-refractivity contribution is -0.506. The fourth-order valence-corrected chi connectivity index (χ4v) is 41.1. The third kappa shape index (κ3) is 42.5. The van der Waals surface area contributed by atoms with Crippen LogP contribution in [0.2, 0.25) is 0 Å². The molecular formula is C98H147Cl2N9O9P2S7. The summed E-state index contributed by atoms with van der Waals surface area (Å²) in [7, 11) is 8.65. The molecule has 29 heteroatoms. The highest BCUT2D eigenvalue weighted by molar-refractivity contribution is 9.16. The van der Waals surface area contributed by atoms with Crippen molar-refractivity contribution in [2.24, 2.45) is 53.1 Å². The van der Waals surface area contributed by atoms with Crippen molar-refractivity contribution in [3.63, 3.8) is 0 Å². The Labute approximate surface area is 809 Å². The van der Waals surface area contributed by atoms with Gasteiger partial charge < -0.3 is 90.9 Å². The zero-order valence-electron chi connectivity index (χ0n) is 76.4. The van der Waals surface area contributed by atoms with Crippen LogP contribution in [0.5, 0.6) is 0 Å². The summed E-state index contributed by atoms with van der Waals surface area (Å²) >= 11 is 34.9. The molecule has 0 bridgehead atoms. The number of ether oxygens (including phenoxy) is 5. The lowest BCUT2D eigenvalue weighted by Gasteiger charge is -2.29. The quantitative estimate of drug-likeness (QED) is 0.0102. The van der Waals surface area contributed by atoms with Crippen LogP contribution in [0.3, 0.4) is 0 Å². The van der Waals surface area contributed by atoms with Crippen LogP contribution in [0.15, 0.2) is 213 Å². The number of aromatic nitrogens is 2. The fourth-order valence-electron chi connectivity index (χ4n) is 17.1. The van der Waals surface area contributed by atoms with Gasteiger partial charge in [0, 0.05) is 110 Å². The maximum Gasteiger partial charge on any atom is 0.308 e. The molecule has 127 heavy (non-hydrogen) atoms. The van der Waals surface area contributed by atoms with E-state index >= 15 is 0 Å². The predicted molar refractivity (Wildman–Crippen MR) is 552 cm³/mol. The number of carboxylic acid groups (broad SMARTS) is 1. The highest BCUT2D eigenvalue weighted by Gasteiger charge is 2.37. The largest absolute Gasteiger partial charge is 0.665 e. The van der Waals surface area contributed by atoms with E-state index in [0.717, 1.165) is 100 Å². The number of pyridine rings is 2. The number of nitrogens with two attached hydrogens (primary N) is 1. The van der Waals surface area contributed by atoms with Gasteiger partial charge in [-0.3, -0.25) is 14.4 Å². The summed E-state index contributed by atoms with van der Waals surface area (Å²) in [6.07, 6.45) is 32.1. The van der Waals surface area contributed by atoms with Crippen LogP contribution in [0, 0.1) is 47.3 Å². The second-order valence-corrected chi connectivity index (χ2v) is 52.5. The summed E-state index contributed by atoms with van der Waals surface area (Å²) in [5.41, 5.74) is 11.9. The lowest BCUT2D eigenvalue weighted by atomic mass is 9.90. The van der Waals surface area contributed by atoms with Crippen molar-refractivity contribution < 1.29 is 51.8 Å². The van der Waals surface area contributed by atoms with E-state index in [1.165, 1.54) is 116 Å². The summed E-state index contributed by atoms with van der Waals surface area (Å²) in [4.78, 5) is 37.2. The number of benzene rings is 5. The van der Waals surface area contributed by atoms with Crippen LogP contribution in [-0.4, -0.2) is 157 Å². The van der Waals surface area contributed by atoms with Gasteiger partial charge in [-0.05, 0) is 203 Å². The number of rotatable bonds is 38. The second kappa shape index (κ2) is 65.7. The summed E-state index contributed by atoms with van der Waals surface area (Å²) in [5, 5.41) is 28.7. The highest BCUT2D eigenvalue weighted by Crippen LogP contribution is 2.71. The van der Waals surface area contributed by atoms with Crippen LogP contribution in [-0.2, 0) is 118 Å². The van der Waals surface area contributed by atoms with Crippen LogP contribution in [0.25, 0.3) is 0 Å². The number of nitrogens with zero attached hydrogens (tertiary/aromatic N) is 2. The van der Waals surface area contributed by atoms with Crippen molar-refractivity contribution in [1.82, 2.24) is 31.9 Å². The van der Waals surface area contributed by atoms with Gasteiger partial charge in [0.05, 0.1) is 58.3 Å². The zero-order chi connectivity index (χ0) is 90.6. The van der Waals surface area contributed by atoms with E-state index in [2.05, 4.69) is 137 Å². The maximum absolute atomic E-state index is 12.3. The number of thiocarbonyl (C=S) groups is 2. The molecule has 18 nitrogen and oxygen atoms in total. The first-order valence-corrected chi connectivity index (χ1v) is 55.4. The fraction of sp³-hybridized carbons (Fsp3) is 0.541. The Kier molecular flexibility index (Phi) is 59.3. The summed E-state index contributed by atoms with van der Waals surface area (Å²) in [6.45, 7) is 16.0. The number of halogens is 2. The average molecular weight is 1950 g/mol. The molecule has 7 aromatic rings. The summed E-state index contributed by atoms with van der Waals surface area (Å²) in [5.74, 6) is 1.05. The van der Waals surface area contributed by atoms with E-state index in [0.29, 0.717) is 48.8 Å². The molecule has 3 aliphatic carbocycles. The molecule has 0 radical (unpaired) electrons. The molecule has 2 amide bonds. The summed E-state index contributed by atoms with van der Waals surface area (Å²) in [6, 6.07) is 64.0. The van der Waals surface area contributed by atoms with Crippen molar-refractivity contribution in [3.8, 4) is 0 Å². The van der Waals surface area contributed by atoms with Crippen molar-refractivity contribution in [3.05, 3.63) is 241 Å². The van der Waals surface area contributed by atoms with Crippen LogP contribution in [0.1, 0.15) is 165 Å². The van der Waals surface area contributed by atoms with Crippen molar-refractivity contribution in [2.45, 2.75) is 212 Å². The number of aliphatic carboxylic acids is 1. The number of hydrogen-bond donors (Lipinski definition) is 8. The van der Waals surface area contributed by atoms with E-state index in [4.69, 9.17) is 107 Å². The molecule has 2 saturated heterocycles. The normalized spacial score (nSPS) is 18.6. The number of hydrogen-bond acceptors (Lipinski definition) is 18. The number of carbonyl (C=O) groups excluding carboxylic acids is 2.